The minimum Gasteiger partial charge on any atom is -0.306 e. The molecule has 132 valence electrons. The number of para-hydroxylation sites is 2. The van der Waals surface area contributed by atoms with Gasteiger partial charge in [0.15, 0.2) is 0 Å². The van der Waals surface area contributed by atoms with Gasteiger partial charge in [0.1, 0.15) is 10.8 Å². The van der Waals surface area contributed by atoms with Crippen LogP contribution in [0, 0.1) is 0 Å². The fourth-order valence-electron chi connectivity index (χ4n) is 3.53. The first-order valence-electron chi connectivity index (χ1n) is 8.86. The number of piperidine rings is 1. The van der Waals surface area contributed by atoms with Gasteiger partial charge in [0.25, 0.3) is 0 Å². The Kier molecular flexibility index (Phi) is 4.43. The minimum absolute atomic E-state index is 0.00495. The first-order chi connectivity index (χ1) is 12.1. The summed E-state index contributed by atoms with van der Waals surface area (Å²) in [6.45, 7) is 7.06. The van der Waals surface area contributed by atoms with Crippen molar-refractivity contribution in [1.29, 1.82) is 0 Å². The van der Waals surface area contributed by atoms with E-state index in [0.29, 0.717) is 5.92 Å². The first kappa shape index (κ1) is 16.5. The van der Waals surface area contributed by atoms with E-state index >= 15 is 0 Å². The van der Waals surface area contributed by atoms with Crippen molar-refractivity contribution in [3.8, 4) is 0 Å². The van der Waals surface area contributed by atoms with Gasteiger partial charge in [-0.2, -0.15) is 4.37 Å². The summed E-state index contributed by atoms with van der Waals surface area (Å²) in [6.07, 6.45) is 1.97. The molecule has 6 nitrogen and oxygen atoms in total. The molecule has 4 rings (SSSR count). The van der Waals surface area contributed by atoms with Crippen LogP contribution in [0.3, 0.4) is 0 Å². The van der Waals surface area contributed by atoms with Crippen molar-refractivity contribution < 1.29 is 0 Å². The molecule has 1 aliphatic heterocycles. The second-order valence-corrected chi connectivity index (χ2v) is 7.86. The van der Waals surface area contributed by atoms with Crippen LogP contribution < -0.4 is 5.69 Å². The summed E-state index contributed by atoms with van der Waals surface area (Å²) in [5.74, 6) is 1.32. The van der Waals surface area contributed by atoms with Crippen LogP contribution in [0.1, 0.15) is 49.5 Å². The lowest BCUT2D eigenvalue weighted by molar-refractivity contribution is 0.179. The average molecular weight is 357 g/mol. The molecule has 1 N–H and O–H groups in total. The summed E-state index contributed by atoms with van der Waals surface area (Å²) in [7, 11) is 0. The van der Waals surface area contributed by atoms with Gasteiger partial charge in [-0.3, -0.25) is 9.47 Å². The average Bonchev–Trinajstić information content (AvgIpc) is 3.19. The molecule has 25 heavy (non-hydrogen) atoms. The van der Waals surface area contributed by atoms with Crippen LogP contribution in [0.5, 0.6) is 0 Å². The molecule has 1 aliphatic rings. The van der Waals surface area contributed by atoms with Gasteiger partial charge in [0, 0.05) is 25.0 Å². The molecule has 0 atom stereocenters. The van der Waals surface area contributed by atoms with Crippen molar-refractivity contribution in [2.75, 3.05) is 13.1 Å². The van der Waals surface area contributed by atoms with E-state index in [-0.39, 0.29) is 11.7 Å². The lowest BCUT2D eigenvalue weighted by Crippen LogP contribution is -2.36. The number of hydrogen-bond donors (Lipinski definition) is 1. The summed E-state index contributed by atoms with van der Waals surface area (Å²) < 4.78 is 6.38. The fraction of sp³-hybridized carbons (Fsp3) is 0.500. The Balaban J connectivity index is 1.44. The van der Waals surface area contributed by atoms with Crippen molar-refractivity contribution in [3.63, 3.8) is 0 Å². The van der Waals surface area contributed by atoms with Crippen molar-refractivity contribution in [2.45, 2.75) is 45.2 Å². The quantitative estimate of drug-likeness (QED) is 0.779. The summed E-state index contributed by atoms with van der Waals surface area (Å²) >= 11 is 1.51. The Morgan fingerprint density at radius 1 is 1.28 bits per heavy atom. The Bertz CT molecular complexity index is 917. The number of imidazole rings is 1. The zero-order chi connectivity index (χ0) is 17.4. The lowest BCUT2D eigenvalue weighted by atomic mass is 10.0. The highest BCUT2D eigenvalue weighted by molar-refractivity contribution is 7.05. The topological polar surface area (TPSA) is 66.8 Å². The first-order valence-corrected chi connectivity index (χ1v) is 9.63. The van der Waals surface area contributed by atoms with Gasteiger partial charge in [-0.15, -0.1) is 0 Å². The molecule has 0 spiro atoms. The molecule has 7 heteroatoms. The van der Waals surface area contributed by atoms with Crippen LogP contribution in [0.2, 0.25) is 0 Å². The molecule has 0 saturated carbocycles. The number of H-pyrrole nitrogens is 1. The Hall–Kier alpha value is -1.99. The monoisotopic (exact) mass is 357 g/mol. The van der Waals surface area contributed by atoms with Crippen molar-refractivity contribution in [3.05, 3.63) is 45.6 Å². The molecule has 1 fully saturated rings. The fourth-order valence-corrected chi connectivity index (χ4v) is 4.36. The normalized spacial score (nSPS) is 16.9. The molecule has 1 aromatic carbocycles. The zero-order valence-electron chi connectivity index (χ0n) is 14.6. The van der Waals surface area contributed by atoms with Gasteiger partial charge in [0.2, 0.25) is 0 Å². The molecule has 2 aromatic heterocycles. The van der Waals surface area contributed by atoms with Gasteiger partial charge >= 0.3 is 5.69 Å². The highest BCUT2D eigenvalue weighted by Gasteiger charge is 2.24. The molecule has 1 saturated heterocycles. The van der Waals surface area contributed by atoms with Crippen LogP contribution >= 0.6 is 11.5 Å². The molecule has 0 aliphatic carbocycles. The molecule has 0 unspecified atom stereocenters. The summed E-state index contributed by atoms with van der Waals surface area (Å²) in [6, 6.07) is 8.20. The third-order valence-electron chi connectivity index (χ3n) is 4.91. The predicted octanol–water partition coefficient (Wildman–Crippen LogP) is 3.14. The maximum absolute atomic E-state index is 12.4. The standard InChI is InChI=1S/C18H23N5OS/c1-12(2)17-20-16(25-21-17)11-22-9-7-13(8-10-22)23-15-6-4-3-5-14(15)19-18(23)24/h3-6,12-13H,7-11H2,1-2H3,(H,19,24). The molecular weight excluding hydrogens is 334 g/mol. The summed E-state index contributed by atoms with van der Waals surface area (Å²) in [5, 5.41) is 1.09. The highest BCUT2D eigenvalue weighted by Crippen LogP contribution is 2.26. The van der Waals surface area contributed by atoms with E-state index in [1.165, 1.54) is 11.5 Å². The van der Waals surface area contributed by atoms with E-state index in [4.69, 9.17) is 0 Å². The number of likely N-dealkylation sites (tertiary alicyclic amines) is 1. The Morgan fingerprint density at radius 2 is 2.04 bits per heavy atom. The van der Waals surface area contributed by atoms with E-state index in [1.54, 1.807) is 0 Å². The number of hydrogen-bond acceptors (Lipinski definition) is 5. The number of nitrogens with one attached hydrogen (secondary N) is 1. The molecule has 0 bridgehead atoms. The number of fused-ring (bicyclic) bond motifs is 1. The summed E-state index contributed by atoms with van der Waals surface area (Å²) in [5.41, 5.74) is 1.94. The molecule has 0 radical (unpaired) electrons. The number of aromatic nitrogens is 4. The van der Waals surface area contributed by atoms with Gasteiger partial charge in [-0.05, 0) is 36.5 Å². The third kappa shape index (κ3) is 3.26. The number of rotatable bonds is 4. The maximum atomic E-state index is 12.4. The number of aromatic amines is 1. The SMILES string of the molecule is CC(C)c1nsc(CN2CCC(n3c(=O)[nH]c4ccccc43)CC2)n1. The van der Waals surface area contributed by atoms with Crippen LogP contribution in [0.4, 0.5) is 0 Å². The lowest BCUT2D eigenvalue weighted by Gasteiger charge is -2.31. The van der Waals surface area contributed by atoms with E-state index < -0.39 is 0 Å². The van der Waals surface area contributed by atoms with Gasteiger partial charge in [0.05, 0.1) is 17.6 Å². The van der Waals surface area contributed by atoms with E-state index in [2.05, 4.69) is 33.1 Å². The Labute approximate surface area is 150 Å². The van der Waals surface area contributed by atoms with Crippen LogP contribution in [-0.2, 0) is 6.54 Å². The smallest absolute Gasteiger partial charge is 0.306 e. The van der Waals surface area contributed by atoms with Crippen LogP contribution in [-0.4, -0.2) is 36.9 Å². The van der Waals surface area contributed by atoms with E-state index in [9.17, 15) is 4.79 Å². The minimum atomic E-state index is 0.00495. The maximum Gasteiger partial charge on any atom is 0.326 e. The second-order valence-electron chi connectivity index (χ2n) is 7.03. The molecule has 0 amide bonds. The second kappa shape index (κ2) is 6.72. The van der Waals surface area contributed by atoms with E-state index in [1.807, 2.05) is 28.8 Å². The van der Waals surface area contributed by atoms with Crippen molar-refractivity contribution in [2.24, 2.45) is 0 Å². The van der Waals surface area contributed by atoms with Crippen LogP contribution in [0.25, 0.3) is 11.0 Å². The van der Waals surface area contributed by atoms with Crippen molar-refractivity contribution in [1.82, 2.24) is 23.8 Å². The predicted molar refractivity (Wildman–Crippen MR) is 100 cm³/mol. The number of nitrogens with zero attached hydrogens (tertiary/aromatic N) is 4. The Morgan fingerprint density at radius 3 is 2.76 bits per heavy atom. The summed E-state index contributed by atoms with van der Waals surface area (Å²) in [4.78, 5) is 22.4. The van der Waals surface area contributed by atoms with Gasteiger partial charge in [-0.25, -0.2) is 9.78 Å². The van der Waals surface area contributed by atoms with Gasteiger partial charge in [-0.1, -0.05) is 26.0 Å². The zero-order valence-corrected chi connectivity index (χ0v) is 15.4. The number of benzene rings is 1. The van der Waals surface area contributed by atoms with Gasteiger partial charge < -0.3 is 4.98 Å². The van der Waals surface area contributed by atoms with Crippen LogP contribution in [0.15, 0.2) is 29.1 Å². The third-order valence-corrected chi connectivity index (χ3v) is 5.61. The van der Waals surface area contributed by atoms with E-state index in [0.717, 1.165) is 54.3 Å². The van der Waals surface area contributed by atoms with Crippen molar-refractivity contribution >= 4 is 22.6 Å². The molecular formula is C18H23N5OS. The largest absolute Gasteiger partial charge is 0.326 e. The molecule has 3 aromatic rings. The molecule has 3 heterocycles. The highest BCUT2D eigenvalue weighted by atomic mass is 32.1.